The number of nitrogens with one attached hydrogen (secondary N) is 2. The van der Waals surface area contributed by atoms with Gasteiger partial charge in [-0.2, -0.15) is 5.12 Å². The predicted molar refractivity (Wildman–Crippen MR) is 52.3 cm³/mol. The Balaban J connectivity index is 3.44. The van der Waals surface area contributed by atoms with Crippen molar-refractivity contribution in [3.63, 3.8) is 0 Å². The minimum absolute atomic E-state index is 0.674. The molecular weight excluding hydrogens is 152 g/mol. The molecule has 0 aliphatic rings. The van der Waals surface area contributed by atoms with Gasteiger partial charge in [-0.05, 0) is 25.3 Å². The summed E-state index contributed by atoms with van der Waals surface area (Å²) in [6.07, 6.45) is 2.30. The lowest BCUT2D eigenvalue weighted by molar-refractivity contribution is 0.119. The predicted octanol–water partition coefficient (Wildman–Crippen LogP) is -0.0678. The Morgan fingerprint density at radius 2 is 1.92 bits per heavy atom. The molecule has 1 atom stereocenters. The molecule has 0 saturated heterocycles. The molecule has 4 nitrogen and oxygen atoms in total. The van der Waals surface area contributed by atoms with Crippen molar-refractivity contribution in [3.05, 3.63) is 0 Å². The van der Waals surface area contributed by atoms with Crippen molar-refractivity contribution in [2.75, 3.05) is 27.2 Å². The molecule has 0 saturated carbocycles. The second-order valence-electron chi connectivity index (χ2n) is 3.09. The molecule has 0 bridgehead atoms. The molecular formula is C8H22N4. The minimum atomic E-state index is 0.674. The van der Waals surface area contributed by atoms with E-state index in [4.69, 9.17) is 5.73 Å². The van der Waals surface area contributed by atoms with Crippen LogP contribution in [0, 0.1) is 5.92 Å². The first-order chi connectivity index (χ1) is 5.74. The van der Waals surface area contributed by atoms with E-state index in [0.29, 0.717) is 5.92 Å². The van der Waals surface area contributed by atoms with Gasteiger partial charge in [-0.3, -0.25) is 0 Å². The standard InChI is InChI=1S/C8H22N4/c1-8(5-4-6-9)7-12(10-2)11-3/h8,10-11H,4-7,9H2,1-3H3. The van der Waals surface area contributed by atoms with Crippen molar-refractivity contribution < 1.29 is 0 Å². The van der Waals surface area contributed by atoms with Crippen LogP contribution in [0.1, 0.15) is 19.8 Å². The van der Waals surface area contributed by atoms with Crippen LogP contribution in [0.2, 0.25) is 0 Å². The fourth-order valence-electron chi connectivity index (χ4n) is 1.16. The smallest absolute Gasteiger partial charge is 0.0313 e. The largest absolute Gasteiger partial charge is 0.330 e. The van der Waals surface area contributed by atoms with Gasteiger partial charge in [0.15, 0.2) is 0 Å². The molecule has 0 amide bonds. The molecule has 0 spiro atoms. The number of hydrogen-bond acceptors (Lipinski definition) is 4. The third-order valence-corrected chi connectivity index (χ3v) is 1.94. The molecule has 0 radical (unpaired) electrons. The topological polar surface area (TPSA) is 53.3 Å². The van der Waals surface area contributed by atoms with Crippen LogP contribution in [0.15, 0.2) is 0 Å². The number of nitrogens with two attached hydrogens (primary N) is 1. The van der Waals surface area contributed by atoms with Gasteiger partial charge in [0.25, 0.3) is 0 Å². The molecule has 0 rings (SSSR count). The van der Waals surface area contributed by atoms with Crippen molar-refractivity contribution in [2.45, 2.75) is 19.8 Å². The van der Waals surface area contributed by atoms with E-state index in [1.165, 1.54) is 6.42 Å². The van der Waals surface area contributed by atoms with Crippen LogP contribution in [0.5, 0.6) is 0 Å². The Labute approximate surface area is 75.4 Å². The van der Waals surface area contributed by atoms with Gasteiger partial charge in [0, 0.05) is 20.6 Å². The quantitative estimate of drug-likeness (QED) is 0.473. The number of hydrogen-bond donors (Lipinski definition) is 3. The first-order valence-corrected chi connectivity index (χ1v) is 4.57. The monoisotopic (exact) mass is 174 g/mol. The molecule has 0 aliphatic heterocycles. The zero-order valence-corrected chi connectivity index (χ0v) is 8.43. The summed E-state index contributed by atoms with van der Waals surface area (Å²) in [5.41, 5.74) is 11.5. The van der Waals surface area contributed by atoms with Gasteiger partial charge in [0.1, 0.15) is 0 Å². The molecule has 0 aromatic heterocycles. The van der Waals surface area contributed by atoms with E-state index in [-0.39, 0.29) is 0 Å². The van der Waals surface area contributed by atoms with E-state index in [1.54, 1.807) is 0 Å². The Hall–Kier alpha value is -0.160. The van der Waals surface area contributed by atoms with Crippen LogP contribution < -0.4 is 16.6 Å². The summed E-state index contributed by atoms with van der Waals surface area (Å²) in [7, 11) is 3.82. The second-order valence-corrected chi connectivity index (χ2v) is 3.09. The first kappa shape index (κ1) is 11.8. The molecule has 0 aliphatic carbocycles. The van der Waals surface area contributed by atoms with Crippen LogP contribution in [-0.2, 0) is 0 Å². The molecule has 12 heavy (non-hydrogen) atoms. The fraction of sp³-hybridized carbons (Fsp3) is 1.00. The van der Waals surface area contributed by atoms with Crippen LogP contribution in [0.4, 0.5) is 0 Å². The van der Waals surface area contributed by atoms with Crippen molar-refractivity contribution in [1.82, 2.24) is 16.0 Å². The molecule has 0 heterocycles. The van der Waals surface area contributed by atoms with Gasteiger partial charge in [0.05, 0.1) is 0 Å². The number of hydrazine groups is 2. The SMILES string of the molecule is CNN(CC(C)CCCN)NC. The molecule has 4 N–H and O–H groups in total. The normalized spacial score (nSPS) is 13.8. The van der Waals surface area contributed by atoms with Crippen LogP contribution >= 0.6 is 0 Å². The molecule has 0 aromatic rings. The van der Waals surface area contributed by atoms with Crippen molar-refractivity contribution in [3.8, 4) is 0 Å². The highest BCUT2D eigenvalue weighted by Gasteiger charge is 2.05. The molecule has 0 fully saturated rings. The summed E-state index contributed by atoms with van der Waals surface area (Å²) in [6.45, 7) is 4.04. The van der Waals surface area contributed by atoms with E-state index in [1.807, 2.05) is 19.2 Å². The average molecular weight is 174 g/mol. The van der Waals surface area contributed by atoms with Gasteiger partial charge in [0.2, 0.25) is 0 Å². The zero-order valence-electron chi connectivity index (χ0n) is 8.43. The Kier molecular flexibility index (Phi) is 7.39. The molecule has 74 valence electrons. The Morgan fingerprint density at radius 3 is 2.33 bits per heavy atom. The van der Waals surface area contributed by atoms with E-state index in [2.05, 4.69) is 17.8 Å². The second kappa shape index (κ2) is 7.49. The third-order valence-electron chi connectivity index (χ3n) is 1.94. The average Bonchev–Trinajstić information content (AvgIpc) is 2.10. The number of rotatable bonds is 7. The first-order valence-electron chi connectivity index (χ1n) is 4.57. The van der Waals surface area contributed by atoms with Crippen LogP contribution in [0.3, 0.4) is 0 Å². The number of nitrogens with zero attached hydrogens (tertiary/aromatic N) is 1. The van der Waals surface area contributed by atoms with E-state index in [0.717, 1.165) is 19.5 Å². The summed E-state index contributed by atoms with van der Waals surface area (Å²) in [4.78, 5) is 0. The highest BCUT2D eigenvalue weighted by molar-refractivity contribution is 4.56. The van der Waals surface area contributed by atoms with Crippen molar-refractivity contribution >= 4 is 0 Å². The van der Waals surface area contributed by atoms with Crippen molar-refractivity contribution in [2.24, 2.45) is 11.7 Å². The summed E-state index contributed by atoms with van der Waals surface area (Å²) in [6, 6.07) is 0. The van der Waals surface area contributed by atoms with Gasteiger partial charge in [-0.15, -0.1) is 0 Å². The summed E-state index contributed by atoms with van der Waals surface area (Å²) in [5, 5.41) is 1.97. The third kappa shape index (κ3) is 5.49. The van der Waals surface area contributed by atoms with Gasteiger partial charge in [-0.1, -0.05) is 6.92 Å². The zero-order chi connectivity index (χ0) is 9.40. The lowest BCUT2D eigenvalue weighted by atomic mass is 10.1. The highest BCUT2D eigenvalue weighted by Crippen LogP contribution is 2.04. The maximum absolute atomic E-state index is 5.43. The molecule has 0 aromatic carbocycles. The Bertz CT molecular complexity index is 93.1. The van der Waals surface area contributed by atoms with Crippen LogP contribution in [0.25, 0.3) is 0 Å². The lowest BCUT2D eigenvalue weighted by Crippen LogP contribution is -2.46. The van der Waals surface area contributed by atoms with Crippen LogP contribution in [-0.4, -0.2) is 32.3 Å². The molecule has 1 unspecified atom stereocenters. The van der Waals surface area contributed by atoms with Gasteiger partial charge in [-0.25, -0.2) is 10.9 Å². The maximum Gasteiger partial charge on any atom is 0.0313 e. The van der Waals surface area contributed by atoms with E-state index >= 15 is 0 Å². The highest BCUT2D eigenvalue weighted by atomic mass is 15.7. The summed E-state index contributed by atoms with van der Waals surface area (Å²) < 4.78 is 0. The van der Waals surface area contributed by atoms with E-state index < -0.39 is 0 Å². The maximum atomic E-state index is 5.43. The van der Waals surface area contributed by atoms with Gasteiger partial charge < -0.3 is 5.73 Å². The lowest BCUT2D eigenvalue weighted by Gasteiger charge is -2.23. The summed E-state index contributed by atoms with van der Waals surface area (Å²) in [5.74, 6) is 0.674. The fourth-order valence-corrected chi connectivity index (χ4v) is 1.16. The summed E-state index contributed by atoms with van der Waals surface area (Å²) >= 11 is 0. The minimum Gasteiger partial charge on any atom is -0.330 e. The van der Waals surface area contributed by atoms with Gasteiger partial charge >= 0.3 is 0 Å². The molecule has 4 heteroatoms. The van der Waals surface area contributed by atoms with E-state index in [9.17, 15) is 0 Å². The van der Waals surface area contributed by atoms with Crippen molar-refractivity contribution in [1.29, 1.82) is 0 Å². The Morgan fingerprint density at radius 1 is 1.33 bits per heavy atom.